The zero-order valence-electron chi connectivity index (χ0n) is 10.9. The second-order valence-corrected chi connectivity index (χ2v) is 4.11. The summed E-state index contributed by atoms with van der Waals surface area (Å²) < 4.78 is 0. The molecule has 0 atom stereocenters. The molecule has 0 aromatic heterocycles. The lowest BCUT2D eigenvalue weighted by Crippen LogP contribution is -2.35. The van der Waals surface area contributed by atoms with Crippen LogP contribution in [0.4, 0.5) is 5.69 Å². The van der Waals surface area contributed by atoms with Gasteiger partial charge in [0.2, 0.25) is 0 Å². The number of hydrogen-bond donors (Lipinski definition) is 2. The predicted molar refractivity (Wildman–Crippen MR) is 72.3 cm³/mol. The van der Waals surface area contributed by atoms with Crippen LogP contribution < -0.4 is 10.6 Å². The van der Waals surface area contributed by atoms with Gasteiger partial charge in [0.05, 0.1) is 11.6 Å². The van der Waals surface area contributed by atoms with Gasteiger partial charge in [-0.25, -0.2) is 0 Å². The predicted octanol–water partition coefficient (Wildman–Crippen LogP) is 1.80. The fourth-order valence-electron chi connectivity index (χ4n) is 1.47. The van der Waals surface area contributed by atoms with Gasteiger partial charge in [-0.2, -0.15) is 5.26 Å². The quantitative estimate of drug-likeness (QED) is 0.625. The first-order valence-corrected chi connectivity index (χ1v) is 6.26. The summed E-state index contributed by atoms with van der Waals surface area (Å²) in [6.45, 7) is 2.58. The average Bonchev–Trinajstić information content (AvgIpc) is 2.44. The molecule has 1 aromatic carbocycles. The van der Waals surface area contributed by atoms with Crippen LogP contribution in [0, 0.1) is 11.3 Å². The van der Waals surface area contributed by atoms with E-state index in [1.807, 2.05) is 6.07 Å². The molecular formula is C14H17N3O2. The molecule has 2 N–H and O–H groups in total. The number of carbonyl (C=O) groups excluding carboxylic acids is 2. The molecule has 19 heavy (non-hydrogen) atoms. The third-order valence-electron chi connectivity index (χ3n) is 2.54. The van der Waals surface area contributed by atoms with Gasteiger partial charge >= 0.3 is 11.8 Å². The van der Waals surface area contributed by atoms with Crippen LogP contribution in [0.25, 0.3) is 0 Å². The Balaban J connectivity index is 2.41. The van der Waals surface area contributed by atoms with Gasteiger partial charge in [-0.05, 0) is 30.7 Å². The normalized spacial score (nSPS) is 9.47. The monoisotopic (exact) mass is 259 g/mol. The van der Waals surface area contributed by atoms with Crippen molar-refractivity contribution in [3.8, 4) is 6.07 Å². The lowest BCUT2D eigenvalue weighted by atomic mass is 10.2. The van der Waals surface area contributed by atoms with E-state index >= 15 is 0 Å². The Bertz CT molecular complexity index is 474. The van der Waals surface area contributed by atoms with Gasteiger partial charge in [0.1, 0.15) is 0 Å². The van der Waals surface area contributed by atoms with Crippen LogP contribution in [-0.4, -0.2) is 18.4 Å². The Labute approximate surface area is 112 Å². The fraction of sp³-hybridized carbons (Fsp3) is 0.357. The Morgan fingerprint density at radius 2 is 1.84 bits per heavy atom. The molecule has 0 bridgehead atoms. The van der Waals surface area contributed by atoms with Crippen LogP contribution in [0.2, 0.25) is 0 Å². The number of carbonyl (C=O) groups is 2. The largest absolute Gasteiger partial charge is 0.348 e. The minimum atomic E-state index is -0.693. The van der Waals surface area contributed by atoms with E-state index in [-0.39, 0.29) is 0 Å². The van der Waals surface area contributed by atoms with Crippen molar-refractivity contribution in [1.29, 1.82) is 5.26 Å². The topological polar surface area (TPSA) is 82.0 Å². The molecule has 1 rings (SSSR count). The number of benzene rings is 1. The summed E-state index contributed by atoms with van der Waals surface area (Å²) in [6, 6.07) is 8.30. The van der Waals surface area contributed by atoms with E-state index in [0.29, 0.717) is 17.8 Å². The lowest BCUT2D eigenvalue weighted by Gasteiger charge is -2.06. The molecule has 100 valence electrons. The second kappa shape index (κ2) is 7.88. The summed E-state index contributed by atoms with van der Waals surface area (Å²) in [5.41, 5.74) is 0.995. The smallest absolute Gasteiger partial charge is 0.313 e. The second-order valence-electron chi connectivity index (χ2n) is 4.11. The molecule has 2 amide bonds. The van der Waals surface area contributed by atoms with Crippen molar-refractivity contribution < 1.29 is 9.59 Å². The van der Waals surface area contributed by atoms with Crippen LogP contribution in [-0.2, 0) is 9.59 Å². The number of rotatable bonds is 5. The maximum Gasteiger partial charge on any atom is 0.313 e. The molecule has 0 radical (unpaired) electrons. The molecule has 1 aromatic rings. The number of hydrogen-bond acceptors (Lipinski definition) is 3. The molecule has 0 unspecified atom stereocenters. The van der Waals surface area contributed by atoms with Crippen LogP contribution in [0.5, 0.6) is 0 Å². The summed E-state index contributed by atoms with van der Waals surface area (Å²) in [4.78, 5) is 23.0. The van der Waals surface area contributed by atoms with Crippen LogP contribution >= 0.6 is 0 Å². The van der Waals surface area contributed by atoms with Crippen molar-refractivity contribution >= 4 is 17.5 Å². The Kier molecular flexibility index (Phi) is 6.10. The first-order valence-electron chi connectivity index (χ1n) is 6.26. The van der Waals surface area contributed by atoms with Crippen molar-refractivity contribution in [1.82, 2.24) is 5.32 Å². The zero-order valence-corrected chi connectivity index (χ0v) is 10.9. The van der Waals surface area contributed by atoms with E-state index < -0.39 is 11.8 Å². The standard InChI is InChI=1S/C14H17N3O2/c1-2-3-4-9-16-13(18)14(19)17-12-7-5-11(10-15)6-8-12/h5-8H,2-4,9H2,1H3,(H,16,18)(H,17,19). The fourth-order valence-corrected chi connectivity index (χ4v) is 1.47. The molecule has 0 saturated heterocycles. The van der Waals surface area contributed by atoms with Gasteiger partial charge in [0.25, 0.3) is 0 Å². The summed E-state index contributed by atoms with van der Waals surface area (Å²) in [7, 11) is 0. The number of anilines is 1. The first kappa shape index (κ1) is 14.7. The summed E-state index contributed by atoms with van der Waals surface area (Å²) in [5.74, 6) is -1.33. The first-order chi connectivity index (χ1) is 9.17. The zero-order chi connectivity index (χ0) is 14.1. The number of nitriles is 1. The maximum atomic E-state index is 11.5. The minimum Gasteiger partial charge on any atom is -0.348 e. The van der Waals surface area contributed by atoms with E-state index in [9.17, 15) is 9.59 Å². The van der Waals surface area contributed by atoms with Crippen molar-refractivity contribution in [2.24, 2.45) is 0 Å². The highest BCUT2D eigenvalue weighted by atomic mass is 16.2. The van der Waals surface area contributed by atoms with Gasteiger partial charge in [-0.3, -0.25) is 9.59 Å². The molecule has 5 heteroatoms. The summed E-state index contributed by atoms with van der Waals surface area (Å²) in [5, 5.41) is 13.7. The number of amides is 2. The van der Waals surface area contributed by atoms with Crippen molar-refractivity contribution in [3.63, 3.8) is 0 Å². The molecule has 0 fully saturated rings. The molecule has 0 aliphatic heterocycles. The van der Waals surface area contributed by atoms with E-state index in [1.54, 1.807) is 24.3 Å². The molecule has 0 aliphatic carbocycles. The third-order valence-corrected chi connectivity index (χ3v) is 2.54. The lowest BCUT2D eigenvalue weighted by molar-refractivity contribution is -0.136. The minimum absolute atomic E-state index is 0.493. The van der Waals surface area contributed by atoms with Crippen molar-refractivity contribution in [2.75, 3.05) is 11.9 Å². The van der Waals surface area contributed by atoms with Crippen LogP contribution in [0.1, 0.15) is 31.7 Å². The molecule has 0 heterocycles. The molecular weight excluding hydrogens is 242 g/mol. The van der Waals surface area contributed by atoms with E-state index in [0.717, 1.165) is 19.3 Å². The Morgan fingerprint density at radius 3 is 2.42 bits per heavy atom. The summed E-state index contributed by atoms with van der Waals surface area (Å²) >= 11 is 0. The number of nitrogens with one attached hydrogen (secondary N) is 2. The van der Waals surface area contributed by atoms with E-state index in [1.165, 1.54) is 0 Å². The van der Waals surface area contributed by atoms with Crippen LogP contribution in [0.15, 0.2) is 24.3 Å². The van der Waals surface area contributed by atoms with Gasteiger partial charge in [0, 0.05) is 12.2 Å². The molecule has 0 saturated carbocycles. The molecule has 5 nitrogen and oxygen atoms in total. The third kappa shape index (κ3) is 5.21. The van der Waals surface area contributed by atoms with E-state index in [2.05, 4.69) is 17.6 Å². The van der Waals surface area contributed by atoms with Gasteiger partial charge in [-0.15, -0.1) is 0 Å². The SMILES string of the molecule is CCCCCNC(=O)C(=O)Nc1ccc(C#N)cc1. The highest BCUT2D eigenvalue weighted by Gasteiger charge is 2.12. The summed E-state index contributed by atoms with van der Waals surface area (Å²) in [6.07, 6.45) is 2.96. The van der Waals surface area contributed by atoms with Gasteiger partial charge < -0.3 is 10.6 Å². The highest BCUT2D eigenvalue weighted by Crippen LogP contribution is 2.08. The van der Waals surface area contributed by atoms with Gasteiger partial charge in [0.15, 0.2) is 0 Å². The van der Waals surface area contributed by atoms with Crippen molar-refractivity contribution in [3.05, 3.63) is 29.8 Å². The molecule has 0 spiro atoms. The van der Waals surface area contributed by atoms with Gasteiger partial charge in [-0.1, -0.05) is 19.8 Å². The Morgan fingerprint density at radius 1 is 1.16 bits per heavy atom. The highest BCUT2D eigenvalue weighted by molar-refractivity contribution is 6.39. The number of unbranched alkanes of at least 4 members (excludes halogenated alkanes) is 2. The van der Waals surface area contributed by atoms with E-state index in [4.69, 9.17) is 5.26 Å². The van der Waals surface area contributed by atoms with Crippen molar-refractivity contribution in [2.45, 2.75) is 26.2 Å². The average molecular weight is 259 g/mol. The molecule has 0 aliphatic rings. The number of nitrogens with zero attached hydrogens (tertiary/aromatic N) is 1. The maximum absolute atomic E-state index is 11.5. The van der Waals surface area contributed by atoms with Crippen LogP contribution in [0.3, 0.4) is 0 Å². The Hall–Kier alpha value is -2.35.